The van der Waals surface area contributed by atoms with E-state index in [9.17, 15) is 9.50 Å². The lowest BCUT2D eigenvalue weighted by Crippen LogP contribution is -2.39. The lowest BCUT2D eigenvalue weighted by atomic mass is 10.1. The molecule has 178 valence electrons. The molecule has 0 bridgehead atoms. The highest BCUT2D eigenvalue weighted by Gasteiger charge is 2.25. The number of ether oxygens (including phenoxy) is 2. The van der Waals surface area contributed by atoms with Crippen molar-refractivity contribution >= 4 is 0 Å². The Bertz CT molecular complexity index is 1020. The summed E-state index contributed by atoms with van der Waals surface area (Å²) < 4.78 is 27.6. The first-order valence-electron chi connectivity index (χ1n) is 11.3. The zero-order chi connectivity index (χ0) is 24.0. The van der Waals surface area contributed by atoms with Crippen LogP contribution in [0.3, 0.4) is 0 Å². The minimum absolute atomic E-state index is 0.0518. The first-order valence-corrected chi connectivity index (χ1v) is 11.3. The Balaban J connectivity index is 1.97. The molecule has 3 rings (SSSR count). The summed E-state index contributed by atoms with van der Waals surface area (Å²) in [4.78, 5) is 2.14. The Kier molecular flexibility index (Phi) is 8.61. The molecule has 2 aromatic carbocycles. The molecule has 6 nitrogen and oxygen atoms in total. The van der Waals surface area contributed by atoms with Crippen LogP contribution in [0.4, 0.5) is 4.39 Å². The van der Waals surface area contributed by atoms with Gasteiger partial charge in [-0.05, 0) is 39.8 Å². The van der Waals surface area contributed by atoms with Gasteiger partial charge in [-0.15, -0.1) is 0 Å². The highest BCUT2D eigenvalue weighted by molar-refractivity contribution is 5.65. The number of aliphatic hydroxyl groups excluding tert-OH is 1. The maximum absolute atomic E-state index is 14.4. The van der Waals surface area contributed by atoms with Gasteiger partial charge in [-0.25, -0.2) is 9.07 Å². The zero-order valence-corrected chi connectivity index (χ0v) is 20.0. The quantitative estimate of drug-likeness (QED) is 0.440. The van der Waals surface area contributed by atoms with Crippen molar-refractivity contribution in [2.45, 2.75) is 52.5 Å². The number of benzene rings is 2. The van der Waals surface area contributed by atoms with Crippen molar-refractivity contribution in [1.82, 2.24) is 14.7 Å². The van der Waals surface area contributed by atoms with Crippen molar-refractivity contribution < 1.29 is 19.0 Å². The van der Waals surface area contributed by atoms with Crippen LogP contribution in [-0.2, 0) is 18.3 Å². The Morgan fingerprint density at radius 2 is 1.70 bits per heavy atom. The monoisotopic (exact) mass is 455 g/mol. The molecular weight excluding hydrogens is 421 g/mol. The Labute approximate surface area is 195 Å². The molecule has 0 saturated heterocycles. The summed E-state index contributed by atoms with van der Waals surface area (Å²) in [6.07, 6.45) is -0.585. The third-order valence-electron chi connectivity index (χ3n) is 5.34. The topological polar surface area (TPSA) is 59.8 Å². The maximum atomic E-state index is 14.4. The number of aliphatic hydroxyl groups is 1. The van der Waals surface area contributed by atoms with Gasteiger partial charge in [0.2, 0.25) is 5.88 Å². The van der Waals surface area contributed by atoms with Gasteiger partial charge >= 0.3 is 0 Å². The fourth-order valence-corrected chi connectivity index (χ4v) is 3.57. The van der Waals surface area contributed by atoms with Crippen LogP contribution in [0.25, 0.3) is 11.3 Å². The van der Waals surface area contributed by atoms with Gasteiger partial charge in [0.05, 0.1) is 24.4 Å². The highest BCUT2D eigenvalue weighted by atomic mass is 19.1. The van der Waals surface area contributed by atoms with Gasteiger partial charge in [-0.3, -0.25) is 4.90 Å². The molecule has 0 aliphatic carbocycles. The molecule has 1 unspecified atom stereocenters. The van der Waals surface area contributed by atoms with Crippen LogP contribution in [0, 0.1) is 5.82 Å². The summed E-state index contributed by atoms with van der Waals surface area (Å²) in [5, 5.41) is 15.3. The van der Waals surface area contributed by atoms with Gasteiger partial charge in [-0.1, -0.05) is 42.5 Å². The van der Waals surface area contributed by atoms with E-state index in [0.717, 1.165) is 16.8 Å². The average Bonchev–Trinajstić information content (AvgIpc) is 3.09. The number of hydrogen-bond acceptors (Lipinski definition) is 5. The van der Waals surface area contributed by atoms with Gasteiger partial charge in [0.25, 0.3) is 0 Å². The van der Waals surface area contributed by atoms with E-state index in [0.29, 0.717) is 19.0 Å². The molecule has 1 aromatic heterocycles. The summed E-state index contributed by atoms with van der Waals surface area (Å²) in [6.45, 7) is 9.20. The van der Waals surface area contributed by atoms with E-state index in [2.05, 4.69) is 18.7 Å². The standard InChI is InChI=1S/C26H34FN3O3/c1-18(2)30(15-21(31)17-32-19(3)4)16-22-25(20-11-7-6-8-12-20)28-29(5)26(22)33-24-14-10-9-13-23(24)27/h6-14,18-19,21,31H,15-17H2,1-5H3. The van der Waals surface area contributed by atoms with Crippen LogP contribution in [0.15, 0.2) is 54.6 Å². The van der Waals surface area contributed by atoms with Crippen LogP contribution in [0.2, 0.25) is 0 Å². The minimum atomic E-state index is -0.636. The molecule has 7 heteroatoms. The summed E-state index contributed by atoms with van der Waals surface area (Å²) >= 11 is 0. The van der Waals surface area contributed by atoms with Crippen LogP contribution in [0.1, 0.15) is 33.3 Å². The van der Waals surface area contributed by atoms with Crippen LogP contribution >= 0.6 is 0 Å². The molecule has 0 aliphatic rings. The van der Waals surface area contributed by atoms with Gasteiger partial charge in [0.15, 0.2) is 11.6 Å². The molecule has 1 heterocycles. The number of aromatic nitrogens is 2. The summed E-state index contributed by atoms with van der Waals surface area (Å²) in [7, 11) is 1.79. The van der Waals surface area contributed by atoms with E-state index in [1.165, 1.54) is 6.07 Å². The van der Waals surface area contributed by atoms with Crippen molar-refractivity contribution in [3.63, 3.8) is 0 Å². The molecule has 0 amide bonds. The molecule has 1 atom stereocenters. The largest absolute Gasteiger partial charge is 0.436 e. The van der Waals surface area contributed by atoms with Gasteiger partial charge in [-0.2, -0.15) is 5.10 Å². The molecule has 0 saturated carbocycles. The van der Waals surface area contributed by atoms with E-state index in [1.54, 1.807) is 29.9 Å². The highest BCUT2D eigenvalue weighted by Crippen LogP contribution is 2.35. The molecule has 0 radical (unpaired) electrons. The van der Waals surface area contributed by atoms with Gasteiger partial charge in [0.1, 0.15) is 5.69 Å². The van der Waals surface area contributed by atoms with Crippen molar-refractivity contribution in [1.29, 1.82) is 0 Å². The second-order valence-electron chi connectivity index (χ2n) is 8.71. The van der Waals surface area contributed by atoms with E-state index >= 15 is 0 Å². The number of halogens is 1. The molecule has 3 aromatic rings. The summed E-state index contributed by atoms with van der Waals surface area (Å²) in [5.41, 5.74) is 2.54. The van der Waals surface area contributed by atoms with E-state index < -0.39 is 11.9 Å². The second kappa shape index (κ2) is 11.4. The number of para-hydroxylation sites is 1. The number of nitrogens with zero attached hydrogens (tertiary/aromatic N) is 3. The molecule has 0 fully saturated rings. The van der Waals surface area contributed by atoms with Gasteiger partial charge < -0.3 is 14.6 Å². The maximum Gasteiger partial charge on any atom is 0.222 e. The molecular formula is C26H34FN3O3. The first-order chi connectivity index (χ1) is 15.8. The third-order valence-corrected chi connectivity index (χ3v) is 5.34. The third kappa shape index (κ3) is 6.63. The fourth-order valence-electron chi connectivity index (χ4n) is 3.57. The SMILES string of the molecule is CC(C)OCC(O)CN(Cc1c(-c2ccccc2)nn(C)c1Oc1ccccc1F)C(C)C. The van der Waals surface area contributed by atoms with Crippen LogP contribution < -0.4 is 4.74 Å². The number of aryl methyl sites for hydroxylation is 1. The predicted octanol–water partition coefficient (Wildman–Crippen LogP) is 5.01. The van der Waals surface area contributed by atoms with Crippen molar-refractivity contribution in [3.05, 3.63) is 66.0 Å². The van der Waals surface area contributed by atoms with Crippen molar-refractivity contribution in [2.24, 2.45) is 7.05 Å². The molecule has 0 spiro atoms. The Morgan fingerprint density at radius 3 is 2.33 bits per heavy atom. The van der Waals surface area contributed by atoms with Crippen molar-refractivity contribution in [2.75, 3.05) is 13.2 Å². The minimum Gasteiger partial charge on any atom is -0.436 e. The van der Waals surface area contributed by atoms with E-state index in [4.69, 9.17) is 14.6 Å². The second-order valence-corrected chi connectivity index (χ2v) is 8.71. The number of hydrogen-bond donors (Lipinski definition) is 1. The lowest BCUT2D eigenvalue weighted by Gasteiger charge is -2.29. The lowest BCUT2D eigenvalue weighted by molar-refractivity contribution is -0.0137. The smallest absolute Gasteiger partial charge is 0.222 e. The molecule has 0 aliphatic heterocycles. The van der Waals surface area contributed by atoms with Crippen LogP contribution in [0.5, 0.6) is 11.6 Å². The number of rotatable bonds is 11. The zero-order valence-electron chi connectivity index (χ0n) is 20.0. The molecule has 33 heavy (non-hydrogen) atoms. The van der Waals surface area contributed by atoms with E-state index in [1.807, 2.05) is 44.2 Å². The van der Waals surface area contributed by atoms with E-state index in [-0.39, 0.29) is 24.5 Å². The molecule has 1 N–H and O–H groups in total. The van der Waals surface area contributed by atoms with Gasteiger partial charge in [0, 0.05) is 31.7 Å². The average molecular weight is 456 g/mol. The summed E-state index contributed by atoms with van der Waals surface area (Å²) in [5.74, 6) is 0.174. The normalized spacial score (nSPS) is 12.7. The first kappa shape index (κ1) is 24.9. The summed E-state index contributed by atoms with van der Waals surface area (Å²) in [6, 6.07) is 16.3. The van der Waals surface area contributed by atoms with Crippen LogP contribution in [-0.4, -0.2) is 51.2 Å². The fraction of sp³-hybridized carbons (Fsp3) is 0.423. The Morgan fingerprint density at radius 1 is 1.03 bits per heavy atom. The Hall–Kier alpha value is -2.74. The van der Waals surface area contributed by atoms with Crippen molar-refractivity contribution in [3.8, 4) is 22.9 Å². The predicted molar refractivity (Wildman–Crippen MR) is 128 cm³/mol.